The second kappa shape index (κ2) is 7.07. The van der Waals surface area contributed by atoms with Crippen LogP contribution in [0.15, 0.2) is 30.3 Å². The molecule has 1 aromatic carbocycles. The summed E-state index contributed by atoms with van der Waals surface area (Å²) in [5.41, 5.74) is 1.17. The summed E-state index contributed by atoms with van der Waals surface area (Å²) in [5, 5.41) is 0. The molecule has 1 aliphatic rings. The van der Waals surface area contributed by atoms with E-state index in [2.05, 4.69) is 12.1 Å². The zero-order valence-corrected chi connectivity index (χ0v) is 11.8. The number of ether oxygens (including phenoxy) is 2. The Bertz CT molecular complexity index is 383. The zero-order valence-electron chi connectivity index (χ0n) is 10.2. The highest BCUT2D eigenvalue weighted by Gasteiger charge is 2.28. The van der Waals surface area contributed by atoms with Gasteiger partial charge in [0.2, 0.25) is 0 Å². The van der Waals surface area contributed by atoms with Gasteiger partial charge in [0.25, 0.3) is 0 Å². The number of esters is 1. The van der Waals surface area contributed by atoms with Gasteiger partial charge in [-0.3, -0.25) is 4.79 Å². The lowest BCUT2D eigenvalue weighted by atomic mass is 10.2. The van der Waals surface area contributed by atoms with Crippen molar-refractivity contribution in [2.75, 3.05) is 12.4 Å². The van der Waals surface area contributed by atoms with Gasteiger partial charge in [0.1, 0.15) is 0 Å². The van der Waals surface area contributed by atoms with Gasteiger partial charge in [-0.2, -0.15) is 0 Å². The maximum atomic E-state index is 10.8. The topological polar surface area (TPSA) is 35.5 Å². The number of carbonyl (C=O) groups is 1. The molecule has 0 spiro atoms. The van der Waals surface area contributed by atoms with E-state index >= 15 is 0 Å². The fraction of sp³-hybridized carbons (Fsp3) is 0.462. The van der Waals surface area contributed by atoms with Crippen molar-refractivity contribution in [2.45, 2.75) is 23.5 Å². The van der Waals surface area contributed by atoms with E-state index in [4.69, 9.17) is 9.47 Å². The van der Waals surface area contributed by atoms with Crippen LogP contribution in [0.3, 0.4) is 0 Å². The summed E-state index contributed by atoms with van der Waals surface area (Å²) >= 11 is 3.46. The fourth-order valence-electron chi connectivity index (χ4n) is 1.62. The molecule has 1 aromatic rings. The van der Waals surface area contributed by atoms with Crippen LogP contribution >= 0.6 is 23.5 Å². The number of benzene rings is 1. The molecular formula is C13H16O3S2. The minimum Gasteiger partial charge on any atom is -0.451 e. The molecule has 2 unspecified atom stereocenters. The number of hydrogen-bond acceptors (Lipinski definition) is 5. The number of thioether (sulfide) groups is 2. The highest BCUT2D eigenvalue weighted by molar-refractivity contribution is 8.20. The molecular weight excluding hydrogens is 268 g/mol. The van der Waals surface area contributed by atoms with Gasteiger partial charge in [0, 0.05) is 12.7 Å². The molecule has 98 valence electrons. The zero-order chi connectivity index (χ0) is 12.8. The predicted octanol–water partition coefficient (Wildman–Crippen LogP) is 2.90. The van der Waals surface area contributed by atoms with Crippen molar-refractivity contribution < 1.29 is 14.3 Å². The Hall–Kier alpha value is -0.650. The average molecular weight is 284 g/mol. The van der Waals surface area contributed by atoms with Gasteiger partial charge >= 0.3 is 5.97 Å². The van der Waals surface area contributed by atoms with E-state index in [0.717, 1.165) is 5.75 Å². The first-order chi connectivity index (χ1) is 8.74. The lowest BCUT2D eigenvalue weighted by Gasteiger charge is -2.11. The van der Waals surface area contributed by atoms with Gasteiger partial charge in [-0.1, -0.05) is 30.3 Å². The van der Waals surface area contributed by atoms with Crippen molar-refractivity contribution in [1.82, 2.24) is 0 Å². The predicted molar refractivity (Wildman–Crippen MR) is 75.5 cm³/mol. The van der Waals surface area contributed by atoms with E-state index in [1.807, 2.05) is 18.2 Å². The minimum absolute atomic E-state index is 0.0159. The highest BCUT2D eigenvalue weighted by Crippen LogP contribution is 2.38. The molecule has 0 aromatic heterocycles. The van der Waals surface area contributed by atoms with Gasteiger partial charge in [-0.05, 0) is 5.56 Å². The molecule has 0 aliphatic carbocycles. The summed E-state index contributed by atoms with van der Waals surface area (Å²) in [5.74, 6) is 0.642. The summed E-state index contributed by atoms with van der Waals surface area (Å²) in [6.07, 6.45) is 0. The first kappa shape index (κ1) is 13.8. The number of hydrogen-bond donors (Lipinski definition) is 0. The molecule has 0 saturated carbocycles. The normalized spacial score (nSPS) is 22.9. The van der Waals surface area contributed by atoms with Crippen LogP contribution in [-0.4, -0.2) is 28.3 Å². The molecule has 0 bridgehead atoms. The van der Waals surface area contributed by atoms with Crippen LogP contribution in [0.1, 0.15) is 12.5 Å². The van der Waals surface area contributed by atoms with Crippen LogP contribution in [0.4, 0.5) is 0 Å². The van der Waals surface area contributed by atoms with Crippen LogP contribution in [0.25, 0.3) is 0 Å². The molecule has 1 saturated heterocycles. The van der Waals surface area contributed by atoms with Crippen LogP contribution in [-0.2, 0) is 20.9 Å². The third-order valence-corrected chi connectivity index (χ3v) is 5.35. The Morgan fingerprint density at radius 3 is 2.89 bits per heavy atom. The Labute approximate surface area is 116 Å². The van der Waals surface area contributed by atoms with Crippen molar-refractivity contribution in [1.29, 1.82) is 0 Å². The van der Waals surface area contributed by atoms with Crippen molar-refractivity contribution in [3.63, 3.8) is 0 Å². The molecule has 18 heavy (non-hydrogen) atoms. The van der Waals surface area contributed by atoms with E-state index in [1.54, 1.807) is 23.5 Å². The fourth-order valence-corrected chi connectivity index (χ4v) is 4.42. The van der Waals surface area contributed by atoms with Crippen LogP contribution in [0.5, 0.6) is 0 Å². The molecule has 1 aliphatic heterocycles. The summed E-state index contributed by atoms with van der Waals surface area (Å²) in [7, 11) is 0. The second-order valence-corrected chi connectivity index (χ2v) is 6.84. The average Bonchev–Trinajstić information content (AvgIpc) is 2.77. The molecule has 3 nitrogen and oxygen atoms in total. The van der Waals surface area contributed by atoms with Crippen molar-refractivity contribution in [3.8, 4) is 0 Å². The third-order valence-electron chi connectivity index (χ3n) is 2.38. The maximum absolute atomic E-state index is 10.8. The number of rotatable bonds is 5. The second-order valence-electron chi connectivity index (χ2n) is 3.94. The smallest absolute Gasteiger partial charge is 0.303 e. The van der Waals surface area contributed by atoms with Crippen molar-refractivity contribution in [3.05, 3.63) is 35.9 Å². The van der Waals surface area contributed by atoms with Gasteiger partial charge in [0.15, 0.2) is 5.44 Å². The quantitative estimate of drug-likeness (QED) is 0.777. The van der Waals surface area contributed by atoms with Crippen molar-refractivity contribution >= 4 is 29.5 Å². The Kier molecular flexibility index (Phi) is 5.41. The van der Waals surface area contributed by atoms with E-state index in [1.165, 1.54) is 12.5 Å². The molecule has 0 amide bonds. The molecule has 5 heteroatoms. The SMILES string of the molecule is CC(=O)OC1CSC(COCc2ccccc2)S1. The first-order valence-electron chi connectivity index (χ1n) is 5.80. The van der Waals surface area contributed by atoms with Gasteiger partial charge in [-0.15, -0.1) is 23.5 Å². The standard InChI is InChI=1S/C13H16O3S2/c1-10(14)16-12-9-17-13(18-12)8-15-7-11-5-3-2-4-6-11/h2-6,12-13H,7-9H2,1H3. The molecule has 1 heterocycles. The molecule has 0 N–H and O–H groups in total. The highest BCUT2D eigenvalue weighted by atomic mass is 32.2. The van der Waals surface area contributed by atoms with E-state index in [-0.39, 0.29) is 11.4 Å². The molecule has 1 fully saturated rings. The molecule has 2 atom stereocenters. The summed E-state index contributed by atoms with van der Waals surface area (Å²) in [6.45, 7) is 2.77. The van der Waals surface area contributed by atoms with E-state index in [0.29, 0.717) is 17.8 Å². The summed E-state index contributed by atoms with van der Waals surface area (Å²) in [6, 6.07) is 10.1. The van der Waals surface area contributed by atoms with E-state index < -0.39 is 0 Å². The maximum Gasteiger partial charge on any atom is 0.303 e. The third kappa shape index (κ3) is 4.55. The summed E-state index contributed by atoms with van der Waals surface area (Å²) < 4.78 is 11.2. The lowest BCUT2D eigenvalue weighted by molar-refractivity contribution is -0.141. The monoisotopic (exact) mass is 284 g/mol. The van der Waals surface area contributed by atoms with Crippen molar-refractivity contribution in [2.24, 2.45) is 0 Å². The molecule has 2 rings (SSSR count). The largest absolute Gasteiger partial charge is 0.451 e. The Morgan fingerprint density at radius 1 is 1.39 bits per heavy atom. The Morgan fingerprint density at radius 2 is 2.17 bits per heavy atom. The first-order valence-corrected chi connectivity index (χ1v) is 7.79. The minimum atomic E-state index is -0.209. The van der Waals surface area contributed by atoms with Crippen LogP contribution < -0.4 is 0 Å². The van der Waals surface area contributed by atoms with E-state index in [9.17, 15) is 4.79 Å². The van der Waals surface area contributed by atoms with Gasteiger partial charge < -0.3 is 9.47 Å². The number of carbonyl (C=O) groups excluding carboxylic acids is 1. The molecule has 0 radical (unpaired) electrons. The Balaban J connectivity index is 1.65. The van der Waals surface area contributed by atoms with Crippen LogP contribution in [0.2, 0.25) is 0 Å². The van der Waals surface area contributed by atoms with Crippen LogP contribution in [0, 0.1) is 0 Å². The van der Waals surface area contributed by atoms with Gasteiger partial charge in [0.05, 0.1) is 17.8 Å². The lowest BCUT2D eigenvalue weighted by Crippen LogP contribution is -2.12. The van der Waals surface area contributed by atoms with Gasteiger partial charge in [-0.25, -0.2) is 0 Å². The summed E-state index contributed by atoms with van der Waals surface area (Å²) in [4.78, 5) is 10.8.